The van der Waals surface area contributed by atoms with Gasteiger partial charge in [0.2, 0.25) is 6.29 Å². The number of carbonyl (C=O) groups is 2. The summed E-state index contributed by atoms with van der Waals surface area (Å²) >= 11 is 0. The Morgan fingerprint density at radius 2 is 1.70 bits per heavy atom. The van der Waals surface area contributed by atoms with Crippen LogP contribution in [0.1, 0.15) is 44.6 Å². The molecule has 0 saturated carbocycles. The van der Waals surface area contributed by atoms with E-state index in [-0.39, 0.29) is 50.0 Å². The van der Waals surface area contributed by atoms with Crippen LogP contribution in [0, 0.1) is 0 Å². The molecule has 1 rings (SSSR count). The van der Waals surface area contributed by atoms with Gasteiger partial charge in [0.05, 0.1) is 5.75 Å². The second kappa shape index (κ2) is 13.6. The van der Waals surface area contributed by atoms with E-state index in [0.717, 1.165) is 5.56 Å². The standard InChI is InChI=1S/C20H29NO8S/c1-16(21-13-8-14-30(24,25)26)28-17(2)29-20(23)12-7-6-11-19(22)27-15-18-9-4-3-5-10-18/h3-5,9-10,17,21H,1,6-8,11-15H2,2H3,(H,24,25,26). The Morgan fingerprint density at radius 1 is 1.07 bits per heavy atom. The van der Waals surface area contributed by atoms with Crippen molar-refractivity contribution in [2.75, 3.05) is 12.3 Å². The molecule has 2 N–H and O–H groups in total. The van der Waals surface area contributed by atoms with Gasteiger partial charge in [0, 0.05) is 26.3 Å². The second-order valence-electron chi connectivity index (χ2n) is 6.52. The largest absolute Gasteiger partial charge is 0.461 e. The summed E-state index contributed by atoms with van der Waals surface area (Å²) in [4.78, 5) is 23.5. The summed E-state index contributed by atoms with van der Waals surface area (Å²) in [7, 11) is -4.00. The van der Waals surface area contributed by atoms with Crippen LogP contribution in [0.2, 0.25) is 0 Å². The summed E-state index contributed by atoms with van der Waals surface area (Å²) in [6.45, 7) is 5.55. The molecule has 0 amide bonds. The Morgan fingerprint density at radius 3 is 2.33 bits per heavy atom. The van der Waals surface area contributed by atoms with Crippen LogP contribution in [0.25, 0.3) is 0 Å². The fourth-order valence-electron chi connectivity index (χ4n) is 2.34. The van der Waals surface area contributed by atoms with Crippen molar-refractivity contribution in [3.8, 4) is 0 Å². The average Bonchev–Trinajstić information content (AvgIpc) is 2.67. The third-order valence-electron chi connectivity index (χ3n) is 3.76. The normalized spacial score (nSPS) is 11.9. The van der Waals surface area contributed by atoms with Crippen molar-refractivity contribution in [1.82, 2.24) is 5.32 Å². The predicted octanol–water partition coefficient (Wildman–Crippen LogP) is 2.53. The number of benzene rings is 1. The van der Waals surface area contributed by atoms with Gasteiger partial charge >= 0.3 is 11.9 Å². The monoisotopic (exact) mass is 443 g/mol. The summed E-state index contributed by atoms with van der Waals surface area (Å²) in [6, 6.07) is 9.37. The number of hydrogen-bond donors (Lipinski definition) is 2. The van der Waals surface area contributed by atoms with E-state index in [9.17, 15) is 18.0 Å². The maximum atomic E-state index is 11.8. The van der Waals surface area contributed by atoms with Gasteiger partial charge in [-0.15, -0.1) is 0 Å². The Kier molecular flexibility index (Phi) is 11.5. The first-order valence-electron chi connectivity index (χ1n) is 9.59. The lowest BCUT2D eigenvalue weighted by atomic mass is 10.2. The van der Waals surface area contributed by atoms with Crippen molar-refractivity contribution in [3.63, 3.8) is 0 Å². The number of carbonyl (C=O) groups excluding carboxylic acids is 2. The molecule has 1 unspecified atom stereocenters. The van der Waals surface area contributed by atoms with Crippen molar-refractivity contribution in [1.29, 1.82) is 0 Å². The molecule has 0 bridgehead atoms. The summed E-state index contributed by atoms with van der Waals surface area (Å²) < 4.78 is 45.3. The van der Waals surface area contributed by atoms with Crippen molar-refractivity contribution < 1.29 is 36.8 Å². The fourth-order valence-corrected chi connectivity index (χ4v) is 2.85. The maximum Gasteiger partial charge on any atom is 0.308 e. The third-order valence-corrected chi connectivity index (χ3v) is 4.57. The summed E-state index contributed by atoms with van der Waals surface area (Å²) in [5.41, 5.74) is 0.915. The lowest BCUT2D eigenvalue weighted by molar-refractivity contribution is -0.169. The molecular formula is C20H29NO8S. The van der Waals surface area contributed by atoms with E-state index < -0.39 is 22.4 Å². The minimum atomic E-state index is -4.00. The number of esters is 2. The summed E-state index contributed by atoms with van der Waals surface area (Å²) in [6.07, 6.45) is 0.615. The van der Waals surface area contributed by atoms with Crippen LogP contribution >= 0.6 is 0 Å². The molecule has 0 aromatic heterocycles. The average molecular weight is 444 g/mol. The van der Waals surface area contributed by atoms with E-state index in [2.05, 4.69) is 11.9 Å². The topological polar surface area (TPSA) is 128 Å². The van der Waals surface area contributed by atoms with Crippen LogP contribution in [0.3, 0.4) is 0 Å². The zero-order valence-corrected chi connectivity index (χ0v) is 17.9. The third kappa shape index (κ3) is 13.6. The van der Waals surface area contributed by atoms with Crippen molar-refractivity contribution in [2.24, 2.45) is 0 Å². The summed E-state index contributed by atoms with van der Waals surface area (Å²) in [5, 5.41) is 2.71. The van der Waals surface area contributed by atoms with Crippen LogP contribution in [0.15, 0.2) is 42.8 Å². The SMILES string of the molecule is C=C(NCCCS(=O)(=O)O)OC(C)OC(=O)CCCCC(=O)OCc1ccccc1. The Labute approximate surface area is 177 Å². The molecule has 0 saturated heterocycles. The van der Waals surface area contributed by atoms with Gasteiger partial charge in [-0.3, -0.25) is 14.1 Å². The first-order valence-corrected chi connectivity index (χ1v) is 11.2. The quantitative estimate of drug-likeness (QED) is 0.138. The van der Waals surface area contributed by atoms with Crippen LogP contribution in [-0.2, 0) is 40.5 Å². The molecule has 1 atom stereocenters. The number of unbranched alkanes of at least 4 members (excludes halogenated alkanes) is 1. The molecule has 0 aliphatic heterocycles. The smallest absolute Gasteiger partial charge is 0.308 e. The van der Waals surface area contributed by atoms with Gasteiger partial charge in [0.1, 0.15) is 6.61 Å². The molecule has 0 aliphatic rings. The highest BCUT2D eigenvalue weighted by Gasteiger charge is 2.12. The lowest BCUT2D eigenvalue weighted by Crippen LogP contribution is -2.24. The van der Waals surface area contributed by atoms with E-state index in [1.807, 2.05) is 30.3 Å². The molecule has 1 aromatic carbocycles. The van der Waals surface area contributed by atoms with Crippen LogP contribution in [-0.4, -0.2) is 43.5 Å². The Hall–Kier alpha value is -2.59. The van der Waals surface area contributed by atoms with Crippen molar-refractivity contribution in [2.45, 2.75) is 51.9 Å². The minimum Gasteiger partial charge on any atom is -0.461 e. The van der Waals surface area contributed by atoms with E-state index in [0.29, 0.717) is 12.8 Å². The first-order chi connectivity index (χ1) is 14.2. The van der Waals surface area contributed by atoms with E-state index in [4.69, 9.17) is 18.8 Å². The molecule has 0 spiro atoms. The molecular weight excluding hydrogens is 414 g/mol. The van der Waals surface area contributed by atoms with Gasteiger partial charge in [-0.25, -0.2) is 0 Å². The molecule has 1 aromatic rings. The highest BCUT2D eigenvalue weighted by molar-refractivity contribution is 7.85. The summed E-state index contributed by atoms with van der Waals surface area (Å²) in [5.74, 6) is -1.05. The Balaban J connectivity index is 2.08. The maximum absolute atomic E-state index is 11.8. The molecule has 9 nitrogen and oxygen atoms in total. The van der Waals surface area contributed by atoms with E-state index in [1.54, 1.807) is 0 Å². The van der Waals surface area contributed by atoms with Gasteiger partial charge in [0.25, 0.3) is 10.1 Å². The molecule has 0 heterocycles. The zero-order chi connectivity index (χ0) is 22.4. The number of rotatable bonds is 15. The van der Waals surface area contributed by atoms with Gasteiger partial charge < -0.3 is 19.5 Å². The van der Waals surface area contributed by atoms with Crippen molar-refractivity contribution >= 4 is 22.1 Å². The van der Waals surface area contributed by atoms with E-state index >= 15 is 0 Å². The highest BCUT2D eigenvalue weighted by Crippen LogP contribution is 2.08. The van der Waals surface area contributed by atoms with E-state index in [1.165, 1.54) is 6.92 Å². The molecule has 30 heavy (non-hydrogen) atoms. The van der Waals surface area contributed by atoms with Gasteiger partial charge in [-0.05, 0) is 31.4 Å². The molecule has 0 fully saturated rings. The van der Waals surface area contributed by atoms with Gasteiger partial charge in [-0.1, -0.05) is 30.3 Å². The second-order valence-corrected chi connectivity index (χ2v) is 8.09. The van der Waals surface area contributed by atoms with Gasteiger partial charge in [-0.2, -0.15) is 8.42 Å². The Bertz CT molecular complexity index is 779. The number of nitrogens with one attached hydrogen (secondary N) is 1. The van der Waals surface area contributed by atoms with Crippen LogP contribution < -0.4 is 5.32 Å². The highest BCUT2D eigenvalue weighted by atomic mass is 32.2. The number of ether oxygens (including phenoxy) is 3. The lowest BCUT2D eigenvalue weighted by Gasteiger charge is -2.17. The van der Waals surface area contributed by atoms with Crippen LogP contribution in [0.5, 0.6) is 0 Å². The first kappa shape index (κ1) is 25.4. The number of hydrogen-bond acceptors (Lipinski definition) is 8. The minimum absolute atomic E-state index is 0.117. The predicted molar refractivity (Wildman–Crippen MR) is 110 cm³/mol. The molecule has 0 radical (unpaired) electrons. The fraction of sp³-hybridized carbons (Fsp3) is 0.500. The zero-order valence-electron chi connectivity index (χ0n) is 17.0. The van der Waals surface area contributed by atoms with Crippen LogP contribution in [0.4, 0.5) is 0 Å². The molecule has 10 heteroatoms. The van der Waals surface area contributed by atoms with Crippen molar-refractivity contribution in [3.05, 3.63) is 48.4 Å². The van der Waals surface area contributed by atoms with Gasteiger partial charge in [0.15, 0.2) is 5.88 Å². The molecule has 0 aliphatic carbocycles. The molecule has 168 valence electrons.